The van der Waals surface area contributed by atoms with Gasteiger partial charge in [-0.3, -0.25) is 10.1 Å². The molecule has 1 fully saturated rings. The number of hydrogen-bond acceptors (Lipinski definition) is 6. The first-order valence-electron chi connectivity index (χ1n) is 8.20. The van der Waals surface area contributed by atoms with Crippen LogP contribution in [0.4, 0.5) is 17.1 Å². The first-order chi connectivity index (χ1) is 12.4. The molecule has 1 atom stereocenters. The van der Waals surface area contributed by atoms with Gasteiger partial charge in [-0.1, -0.05) is 24.3 Å². The predicted octanol–water partition coefficient (Wildman–Crippen LogP) is 2.18. The highest BCUT2D eigenvalue weighted by Gasteiger charge is 2.28. The molecule has 3 rings (SSSR count). The number of nitrogens with two attached hydrogens (primary N) is 1. The van der Waals surface area contributed by atoms with Crippen molar-refractivity contribution in [2.24, 2.45) is 11.1 Å². The summed E-state index contributed by atoms with van der Waals surface area (Å²) in [7, 11) is -4.17. The zero-order valence-corrected chi connectivity index (χ0v) is 14.9. The molecule has 0 bridgehead atoms. The van der Waals surface area contributed by atoms with Crippen molar-refractivity contribution in [3.05, 3.63) is 58.6 Å². The number of hydrogen-bond donors (Lipinski definition) is 2. The lowest BCUT2D eigenvalue weighted by Gasteiger charge is -2.19. The molecule has 1 unspecified atom stereocenters. The van der Waals surface area contributed by atoms with Gasteiger partial charge in [-0.05, 0) is 36.6 Å². The summed E-state index contributed by atoms with van der Waals surface area (Å²) in [5, 5.41) is 19.5. The molecule has 8 nitrogen and oxygen atoms in total. The first kappa shape index (κ1) is 18.2. The molecule has 138 valence electrons. The van der Waals surface area contributed by atoms with Gasteiger partial charge in [-0.15, -0.1) is 0 Å². The molecule has 1 aliphatic heterocycles. The van der Waals surface area contributed by atoms with E-state index in [2.05, 4.69) is 22.3 Å². The lowest BCUT2D eigenvalue weighted by molar-refractivity contribution is -0.386. The third-order valence-electron chi connectivity index (χ3n) is 4.48. The monoisotopic (exact) mass is 376 g/mol. The number of nitrogens with zero attached hydrogens (tertiary/aromatic N) is 2. The quantitative estimate of drug-likeness (QED) is 0.589. The Balaban J connectivity index is 1.72. The summed E-state index contributed by atoms with van der Waals surface area (Å²) in [6.45, 7) is 2.26. The summed E-state index contributed by atoms with van der Waals surface area (Å²) in [6, 6.07) is 14.1. The maximum absolute atomic E-state index is 11.6. The maximum atomic E-state index is 11.6. The highest BCUT2D eigenvalue weighted by Crippen LogP contribution is 2.32. The van der Waals surface area contributed by atoms with Gasteiger partial charge in [-0.25, -0.2) is 13.6 Å². The van der Waals surface area contributed by atoms with Gasteiger partial charge in [0.1, 0.15) is 5.69 Å². The Hall–Kier alpha value is -2.65. The van der Waals surface area contributed by atoms with Gasteiger partial charge in [0.25, 0.3) is 0 Å². The fourth-order valence-electron chi connectivity index (χ4n) is 3.21. The Morgan fingerprint density at radius 3 is 2.58 bits per heavy atom. The summed E-state index contributed by atoms with van der Waals surface area (Å²) < 4.78 is 23.2. The average Bonchev–Trinajstić information content (AvgIpc) is 3.08. The van der Waals surface area contributed by atoms with Crippen LogP contribution in [-0.2, 0) is 10.0 Å². The van der Waals surface area contributed by atoms with Crippen LogP contribution >= 0.6 is 0 Å². The number of sulfonamides is 1. The van der Waals surface area contributed by atoms with Crippen molar-refractivity contribution in [1.82, 2.24) is 0 Å². The third kappa shape index (κ3) is 3.94. The molecule has 0 amide bonds. The van der Waals surface area contributed by atoms with Crippen molar-refractivity contribution in [3.63, 3.8) is 0 Å². The molecule has 0 aromatic heterocycles. The highest BCUT2D eigenvalue weighted by molar-refractivity contribution is 7.89. The number of para-hydroxylation sites is 2. The van der Waals surface area contributed by atoms with E-state index in [9.17, 15) is 18.5 Å². The number of nitrogens with one attached hydrogen (secondary N) is 1. The molecule has 2 aromatic carbocycles. The van der Waals surface area contributed by atoms with Crippen LogP contribution in [-0.4, -0.2) is 33.0 Å². The topological polar surface area (TPSA) is 119 Å². The van der Waals surface area contributed by atoms with E-state index in [1.165, 1.54) is 12.1 Å². The molecule has 1 saturated heterocycles. The molecule has 2 aromatic rings. The number of nitro groups is 1. The smallest absolute Gasteiger partial charge is 0.312 e. The van der Waals surface area contributed by atoms with Crippen LogP contribution in [0.3, 0.4) is 0 Å². The van der Waals surface area contributed by atoms with E-state index >= 15 is 0 Å². The fourth-order valence-corrected chi connectivity index (χ4v) is 3.93. The second-order valence-electron chi connectivity index (χ2n) is 6.27. The van der Waals surface area contributed by atoms with Crippen LogP contribution in [0.2, 0.25) is 0 Å². The molecule has 0 saturated carbocycles. The molecule has 0 aliphatic carbocycles. The van der Waals surface area contributed by atoms with Gasteiger partial charge < -0.3 is 10.2 Å². The van der Waals surface area contributed by atoms with Crippen molar-refractivity contribution in [1.29, 1.82) is 0 Å². The van der Waals surface area contributed by atoms with Crippen LogP contribution in [0.25, 0.3) is 0 Å². The third-order valence-corrected chi connectivity index (χ3v) is 5.42. The summed E-state index contributed by atoms with van der Waals surface area (Å²) in [4.78, 5) is 12.4. The minimum Gasteiger partial charge on any atom is -0.379 e. The number of benzene rings is 2. The molecule has 26 heavy (non-hydrogen) atoms. The fraction of sp³-hybridized carbons (Fsp3) is 0.294. The summed E-state index contributed by atoms with van der Waals surface area (Å²) >= 11 is 0. The van der Waals surface area contributed by atoms with Crippen LogP contribution < -0.4 is 15.4 Å². The van der Waals surface area contributed by atoms with Gasteiger partial charge >= 0.3 is 5.69 Å². The lowest BCUT2D eigenvalue weighted by Crippen LogP contribution is -2.22. The number of primary sulfonamides is 1. The average molecular weight is 376 g/mol. The van der Waals surface area contributed by atoms with E-state index in [0.717, 1.165) is 31.3 Å². The number of rotatable bonds is 6. The van der Waals surface area contributed by atoms with Gasteiger partial charge in [0, 0.05) is 25.3 Å². The maximum Gasteiger partial charge on any atom is 0.312 e. The number of anilines is 2. The van der Waals surface area contributed by atoms with Crippen molar-refractivity contribution in [2.75, 3.05) is 29.9 Å². The van der Waals surface area contributed by atoms with Crippen molar-refractivity contribution < 1.29 is 13.3 Å². The van der Waals surface area contributed by atoms with E-state index in [1.54, 1.807) is 0 Å². The van der Waals surface area contributed by atoms with E-state index in [0.29, 0.717) is 12.5 Å². The number of nitro benzene ring substituents is 1. The summed E-state index contributed by atoms with van der Waals surface area (Å²) in [5.74, 6) is 0.299. The summed E-state index contributed by atoms with van der Waals surface area (Å²) in [6.07, 6.45) is 0.949. The second-order valence-corrected chi connectivity index (χ2v) is 7.80. The molecule has 1 heterocycles. The first-order valence-corrected chi connectivity index (χ1v) is 9.75. The molecular weight excluding hydrogens is 356 g/mol. The van der Waals surface area contributed by atoms with E-state index < -0.39 is 25.5 Å². The zero-order chi connectivity index (χ0) is 18.7. The molecular formula is C17H20N4O4S. The second kappa shape index (κ2) is 7.30. The summed E-state index contributed by atoms with van der Waals surface area (Å²) in [5.41, 5.74) is 0.810. The lowest BCUT2D eigenvalue weighted by atomic mass is 10.1. The molecule has 1 aliphatic rings. The highest BCUT2D eigenvalue weighted by atomic mass is 32.2. The SMILES string of the molecule is NS(=O)(=O)c1cccc(NCC2CCN(c3ccccc3)C2)c1[N+](=O)[O-]. The van der Waals surface area contributed by atoms with E-state index in [-0.39, 0.29) is 5.69 Å². The normalized spacial score (nSPS) is 17.3. The Morgan fingerprint density at radius 1 is 1.19 bits per heavy atom. The van der Waals surface area contributed by atoms with Gasteiger partial charge in [0.2, 0.25) is 10.0 Å². The van der Waals surface area contributed by atoms with E-state index in [1.807, 2.05) is 18.2 Å². The molecule has 0 spiro atoms. The van der Waals surface area contributed by atoms with Crippen molar-refractivity contribution in [3.8, 4) is 0 Å². The van der Waals surface area contributed by atoms with Gasteiger partial charge in [0.15, 0.2) is 4.90 Å². The van der Waals surface area contributed by atoms with Crippen molar-refractivity contribution >= 4 is 27.1 Å². The van der Waals surface area contributed by atoms with Gasteiger partial charge in [-0.2, -0.15) is 0 Å². The van der Waals surface area contributed by atoms with Crippen molar-refractivity contribution in [2.45, 2.75) is 11.3 Å². The molecule has 9 heteroatoms. The minimum atomic E-state index is -4.17. The zero-order valence-electron chi connectivity index (χ0n) is 14.0. The molecule has 3 N–H and O–H groups in total. The standard InChI is InChI=1S/C17H20N4O4S/c18-26(24,25)16-8-4-7-15(17(16)21(22)23)19-11-13-9-10-20(12-13)14-5-2-1-3-6-14/h1-8,13,19H,9-12H2,(H2,18,24,25). The Labute approximate surface area is 151 Å². The van der Waals surface area contributed by atoms with Crippen LogP contribution in [0.15, 0.2) is 53.4 Å². The Bertz CT molecular complexity index is 902. The largest absolute Gasteiger partial charge is 0.379 e. The minimum absolute atomic E-state index is 0.166. The van der Waals surface area contributed by atoms with Crippen LogP contribution in [0.5, 0.6) is 0 Å². The Morgan fingerprint density at radius 2 is 1.92 bits per heavy atom. The van der Waals surface area contributed by atoms with Gasteiger partial charge in [0.05, 0.1) is 4.92 Å². The van der Waals surface area contributed by atoms with Crippen LogP contribution in [0.1, 0.15) is 6.42 Å². The van der Waals surface area contributed by atoms with E-state index in [4.69, 9.17) is 5.14 Å². The Kier molecular flexibility index (Phi) is 5.10. The van der Waals surface area contributed by atoms with Crippen LogP contribution in [0, 0.1) is 16.0 Å². The molecule has 0 radical (unpaired) electrons. The predicted molar refractivity (Wildman–Crippen MR) is 99.7 cm³/mol.